The SMILES string of the molecule is CCC(N)c1nnc(C)n1C1CC1. The maximum atomic E-state index is 5.95. The van der Waals surface area contributed by atoms with Crippen LogP contribution in [0.3, 0.4) is 0 Å². The second-order valence-corrected chi connectivity index (χ2v) is 3.72. The van der Waals surface area contributed by atoms with E-state index in [1.54, 1.807) is 0 Å². The molecular weight excluding hydrogens is 164 g/mol. The summed E-state index contributed by atoms with van der Waals surface area (Å²) in [6.45, 7) is 4.07. The van der Waals surface area contributed by atoms with E-state index in [0.717, 1.165) is 18.1 Å². The Morgan fingerprint density at radius 2 is 2.23 bits per heavy atom. The van der Waals surface area contributed by atoms with Crippen LogP contribution in [0, 0.1) is 6.92 Å². The lowest BCUT2D eigenvalue weighted by molar-refractivity contribution is 0.574. The summed E-state index contributed by atoms with van der Waals surface area (Å²) in [6.07, 6.45) is 3.43. The molecule has 0 amide bonds. The fourth-order valence-electron chi connectivity index (χ4n) is 1.61. The Morgan fingerprint density at radius 3 is 2.77 bits per heavy atom. The number of nitrogens with two attached hydrogens (primary N) is 1. The van der Waals surface area contributed by atoms with Crippen LogP contribution in [-0.2, 0) is 0 Å². The predicted molar refractivity (Wildman–Crippen MR) is 50.2 cm³/mol. The summed E-state index contributed by atoms with van der Waals surface area (Å²) >= 11 is 0. The fourth-order valence-corrected chi connectivity index (χ4v) is 1.61. The maximum Gasteiger partial charge on any atom is 0.150 e. The number of hydrogen-bond acceptors (Lipinski definition) is 3. The fraction of sp³-hybridized carbons (Fsp3) is 0.778. The zero-order chi connectivity index (χ0) is 9.42. The molecule has 1 aliphatic carbocycles. The quantitative estimate of drug-likeness (QED) is 0.763. The van der Waals surface area contributed by atoms with Crippen molar-refractivity contribution in [3.63, 3.8) is 0 Å². The summed E-state index contributed by atoms with van der Waals surface area (Å²) in [5, 5.41) is 8.22. The highest BCUT2D eigenvalue weighted by molar-refractivity contribution is 5.04. The molecule has 1 aliphatic rings. The molecule has 0 aliphatic heterocycles. The second-order valence-electron chi connectivity index (χ2n) is 3.72. The summed E-state index contributed by atoms with van der Waals surface area (Å²) in [7, 11) is 0. The maximum absolute atomic E-state index is 5.95. The van der Waals surface area contributed by atoms with Gasteiger partial charge >= 0.3 is 0 Å². The van der Waals surface area contributed by atoms with Crippen molar-refractivity contribution in [3.05, 3.63) is 11.6 Å². The summed E-state index contributed by atoms with van der Waals surface area (Å²) in [6, 6.07) is 0.671. The van der Waals surface area contributed by atoms with Crippen molar-refractivity contribution in [2.24, 2.45) is 5.73 Å². The van der Waals surface area contributed by atoms with Gasteiger partial charge in [-0.2, -0.15) is 0 Å². The zero-order valence-electron chi connectivity index (χ0n) is 8.20. The van der Waals surface area contributed by atoms with E-state index < -0.39 is 0 Å². The molecule has 13 heavy (non-hydrogen) atoms. The number of nitrogens with zero attached hydrogens (tertiary/aromatic N) is 3. The molecule has 1 unspecified atom stereocenters. The number of rotatable bonds is 3. The molecule has 72 valence electrons. The molecule has 1 aromatic heterocycles. The van der Waals surface area contributed by atoms with Gasteiger partial charge in [-0.15, -0.1) is 10.2 Å². The summed E-state index contributed by atoms with van der Waals surface area (Å²) in [4.78, 5) is 0. The summed E-state index contributed by atoms with van der Waals surface area (Å²) < 4.78 is 2.20. The molecule has 0 spiro atoms. The van der Waals surface area contributed by atoms with Crippen molar-refractivity contribution in [1.29, 1.82) is 0 Å². The van der Waals surface area contributed by atoms with Gasteiger partial charge in [0.15, 0.2) is 0 Å². The largest absolute Gasteiger partial charge is 0.321 e. The molecule has 0 bridgehead atoms. The molecule has 1 saturated carbocycles. The number of hydrogen-bond donors (Lipinski definition) is 1. The van der Waals surface area contributed by atoms with Crippen molar-refractivity contribution in [2.45, 2.75) is 45.2 Å². The molecule has 2 N–H and O–H groups in total. The number of aromatic nitrogens is 3. The Morgan fingerprint density at radius 1 is 1.54 bits per heavy atom. The van der Waals surface area contributed by atoms with Crippen LogP contribution < -0.4 is 5.73 Å². The molecule has 4 nitrogen and oxygen atoms in total. The smallest absolute Gasteiger partial charge is 0.150 e. The zero-order valence-corrected chi connectivity index (χ0v) is 8.20. The van der Waals surface area contributed by atoms with E-state index in [2.05, 4.69) is 21.7 Å². The topological polar surface area (TPSA) is 56.7 Å². The lowest BCUT2D eigenvalue weighted by Gasteiger charge is -2.11. The van der Waals surface area contributed by atoms with E-state index in [0.29, 0.717) is 6.04 Å². The second kappa shape index (κ2) is 3.10. The Kier molecular flexibility index (Phi) is 2.07. The average Bonchev–Trinajstić information content (AvgIpc) is 2.89. The first-order valence-electron chi connectivity index (χ1n) is 4.91. The normalized spacial score (nSPS) is 19.0. The lowest BCUT2D eigenvalue weighted by atomic mass is 10.2. The Balaban J connectivity index is 2.33. The Hall–Kier alpha value is -0.900. The van der Waals surface area contributed by atoms with Crippen LogP contribution >= 0.6 is 0 Å². The van der Waals surface area contributed by atoms with Gasteiger partial charge in [0, 0.05) is 6.04 Å². The molecule has 2 rings (SSSR count). The van der Waals surface area contributed by atoms with Crippen molar-refractivity contribution < 1.29 is 0 Å². The molecule has 1 heterocycles. The van der Waals surface area contributed by atoms with Gasteiger partial charge < -0.3 is 10.3 Å². The third kappa shape index (κ3) is 1.46. The standard InChI is InChI=1S/C9H16N4/c1-3-8(10)9-12-11-6(2)13(9)7-4-5-7/h7-8H,3-5,10H2,1-2H3. The van der Waals surface area contributed by atoms with Gasteiger partial charge in [0.05, 0.1) is 6.04 Å². The first kappa shape index (κ1) is 8.69. The van der Waals surface area contributed by atoms with Crippen molar-refractivity contribution in [1.82, 2.24) is 14.8 Å². The molecule has 1 atom stereocenters. The van der Waals surface area contributed by atoms with E-state index in [1.165, 1.54) is 12.8 Å². The monoisotopic (exact) mass is 180 g/mol. The van der Waals surface area contributed by atoms with Gasteiger partial charge in [-0.3, -0.25) is 0 Å². The molecule has 4 heteroatoms. The van der Waals surface area contributed by atoms with Crippen LogP contribution in [0.1, 0.15) is 49.9 Å². The van der Waals surface area contributed by atoms with Gasteiger partial charge in [0.1, 0.15) is 11.6 Å². The van der Waals surface area contributed by atoms with Gasteiger partial charge in [0.2, 0.25) is 0 Å². The van der Waals surface area contributed by atoms with Gasteiger partial charge in [-0.1, -0.05) is 6.92 Å². The minimum absolute atomic E-state index is 0.0433. The molecule has 0 aromatic carbocycles. The van der Waals surface area contributed by atoms with Gasteiger partial charge in [0.25, 0.3) is 0 Å². The van der Waals surface area contributed by atoms with Crippen molar-refractivity contribution >= 4 is 0 Å². The van der Waals surface area contributed by atoms with E-state index in [9.17, 15) is 0 Å². The van der Waals surface area contributed by atoms with Crippen LogP contribution in [0.2, 0.25) is 0 Å². The highest BCUT2D eigenvalue weighted by Gasteiger charge is 2.29. The molecule has 0 saturated heterocycles. The molecular formula is C9H16N4. The van der Waals surface area contributed by atoms with Crippen LogP contribution in [0.25, 0.3) is 0 Å². The minimum Gasteiger partial charge on any atom is -0.321 e. The van der Waals surface area contributed by atoms with E-state index in [-0.39, 0.29) is 6.04 Å². The molecule has 1 fully saturated rings. The Bertz CT molecular complexity index is 301. The molecule has 0 radical (unpaired) electrons. The first-order valence-corrected chi connectivity index (χ1v) is 4.91. The van der Waals surface area contributed by atoms with E-state index in [1.807, 2.05) is 6.92 Å². The van der Waals surface area contributed by atoms with E-state index >= 15 is 0 Å². The molecule has 1 aromatic rings. The van der Waals surface area contributed by atoms with Gasteiger partial charge in [-0.05, 0) is 26.2 Å². The highest BCUT2D eigenvalue weighted by atomic mass is 15.3. The van der Waals surface area contributed by atoms with Gasteiger partial charge in [-0.25, -0.2) is 0 Å². The Labute approximate surface area is 78.1 Å². The summed E-state index contributed by atoms with van der Waals surface area (Å²) in [5.74, 6) is 1.96. The third-order valence-electron chi connectivity index (χ3n) is 2.58. The van der Waals surface area contributed by atoms with Crippen LogP contribution in [0.4, 0.5) is 0 Å². The van der Waals surface area contributed by atoms with E-state index in [4.69, 9.17) is 5.73 Å². The average molecular weight is 180 g/mol. The minimum atomic E-state index is 0.0433. The highest BCUT2D eigenvalue weighted by Crippen LogP contribution is 2.37. The van der Waals surface area contributed by atoms with Crippen LogP contribution in [0.5, 0.6) is 0 Å². The van der Waals surface area contributed by atoms with Crippen molar-refractivity contribution in [2.75, 3.05) is 0 Å². The number of aryl methyl sites for hydroxylation is 1. The van der Waals surface area contributed by atoms with Crippen LogP contribution in [-0.4, -0.2) is 14.8 Å². The lowest BCUT2D eigenvalue weighted by Crippen LogP contribution is -2.15. The van der Waals surface area contributed by atoms with Crippen LogP contribution in [0.15, 0.2) is 0 Å². The third-order valence-corrected chi connectivity index (χ3v) is 2.58. The summed E-state index contributed by atoms with van der Waals surface area (Å²) in [5.41, 5.74) is 5.95. The predicted octanol–water partition coefficient (Wildman–Crippen LogP) is 1.33. The first-order chi connectivity index (χ1) is 6.24. The van der Waals surface area contributed by atoms with Crippen molar-refractivity contribution in [3.8, 4) is 0 Å².